The first-order valence-electron chi connectivity index (χ1n) is 6.56. The molecular formula is C14H22N2O2S. The molecule has 1 atom stereocenters. The third-order valence-electron chi connectivity index (χ3n) is 3.96. The molecule has 2 aliphatic rings. The summed E-state index contributed by atoms with van der Waals surface area (Å²) in [6.07, 6.45) is 0. The van der Waals surface area contributed by atoms with Crippen LogP contribution in [0.15, 0.2) is 18.2 Å². The molecule has 1 aromatic rings. The highest BCUT2D eigenvalue weighted by atomic mass is 32.1. The number of rotatable bonds is 2. The van der Waals surface area contributed by atoms with Crippen molar-refractivity contribution < 1.29 is 9.47 Å². The molecule has 1 saturated heterocycles. The van der Waals surface area contributed by atoms with Crippen LogP contribution in [0.3, 0.4) is 0 Å². The van der Waals surface area contributed by atoms with Gasteiger partial charge in [0.15, 0.2) is 11.5 Å². The number of hydrogen-bond donors (Lipinski definition) is 0. The smallest absolute Gasteiger partial charge is 0.231 e. The van der Waals surface area contributed by atoms with Crippen LogP contribution in [-0.2, 0) is 0 Å². The molecular weight excluding hydrogens is 260 g/mol. The van der Waals surface area contributed by atoms with E-state index in [1.54, 1.807) is 0 Å². The number of ether oxygens (including phenoxy) is 2. The van der Waals surface area contributed by atoms with E-state index >= 15 is 0 Å². The van der Waals surface area contributed by atoms with Crippen molar-refractivity contribution in [2.24, 2.45) is 0 Å². The highest BCUT2D eigenvalue weighted by Gasteiger charge is 2.22. The zero-order chi connectivity index (χ0) is 12.5. The van der Waals surface area contributed by atoms with Gasteiger partial charge in [-0.05, 0) is 31.7 Å². The van der Waals surface area contributed by atoms with Crippen molar-refractivity contribution in [3.8, 4) is 11.5 Å². The van der Waals surface area contributed by atoms with Crippen molar-refractivity contribution in [3.05, 3.63) is 23.8 Å². The molecule has 1 aromatic carbocycles. The minimum Gasteiger partial charge on any atom is -0.454 e. The van der Waals surface area contributed by atoms with Crippen LogP contribution in [0.25, 0.3) is 0 Å². The van der Waals surface area contributed by atoms with Crippen LogP contribution in [-0.4, -0.2) is 49.8 Å². The fourth-order valence-corrected chi connectivity index (χ4v) is 2.59. The van der Waals surface area contributed by atoms with Gasteiger partial charge >= 0.3 is 0 Å². The topological polar surface area (TPSA) is 24.9 Å². The first kappa shape index (κ1) is 14.5. The van der Waals surface area contributed by atoms with Gasteiger partial charge in [-0.1, -0.05) is 6.07 Å². The van der Waals surface area contributed by atoms with E-state index in [0.29, 0.717) is 12.8 Å². The van der Waals surface area contributed by atoms with Crippen LogP contribution in [0.2, 0.25) is 0 Å². The van der Waals surface area contributed by atoms with Crippen LogP contribution in [0, 0.1) is 0 Å². The van der Waals surface area contributed by atoms with Crippen molar-refractivity contribution >= 4 is 13.5 Å². The number of piperazine rings is 1. The van der Waals surface area contributed by atoms with Crippen molar-refractivity contribution in [1.29, 1.82) is 0 Å². The van der Waals surface area contributed by atoms with Crippen LogP contribution in [0.1, 0.15) is 18.5 Å². The zero-order valence-corrected chi connectivity index (χ0v) is 12.6. The summed E-state index contributed by atoms with van der Waals surface area (Å²) in [6, 6.07) is 6.72. The Morgan fingerprint density at radius 2 is 1.74 bits per heavy atom. The summed E-state index contributed by atoms with van der Waals surface area (Å²) < 4.78 is 10.8. The summed E-state index contributed by atoms with van der Waals surface area (Å²) in [4.78, 5) is 4.90. The molecule has 2 aliphatic heterocycles. The molecule has 0 saturated carbocycles. The van der Waals surface area contributed by atoms with E-state index in [1.165, 1.54) is 5.56 Å². The summed E-state index contributed by atoms with van der Waals surface area (Å²) in [6.45, 7) is 7.17. The molecule has 0 aliphatic carbocycles. The van der Waals surface area contributed by atoms with Gasteiger partial charge in [-0.2, -0.15) is 13.5 Å². The van der Waals surface area contributed by atoms with Crippen molar-refractivity contribution in [1.82, 2.24) is 9.80 Å². The molecule has 1 fully saturated rings. The lowest BCUT2D eigenvalue weighted by atomic mass is 10.1. The predicted molar refractivity (Wildman–Crippen MR) is 80.4 cm³/mol. The Hall–Kier alpha value is -0.910. The molecule has 0 spiro atoms. The van der Waals surface area contributed by atoms with Gasteiger partial charge in [0.1, 0.15) is 0 Å². The van der Waals surface area contributed by atoms with Crippen LogP contribution in [0.5, 0.6) is 11.5 Å². The third kappa shape index (κ3) is 2.99. The fraction of sp³-hybridized carbons (Fsp3) is 0.571. The first-order valence-corrected chi connectivity index (χ1v) is 6.56. The molecule has 19 heavy (non-hydrogen) atoms. The standard InChI is InChI=1S/C14H20N2O2.H2S/c1-11(16-7-5-15(2)6-8-16)12-3-4-13-14(9-12)18-10-17-13;/h3-4,9,11H,5-8,10H2,1-2H3;1H2/t11-;/m0./s1. The van der Waals surface area contributed by atoms with Gasteiger partial charge in [0, 0.05) is 32.2 Å². The van der Waals surface area contributed by atoms with E-state index < -0.39 is 0 Å². The summed E-state index contributed by atoms with van der Waals surface area (Å²) in [7, 11) is 2.18. The molecule has 0 radical (unpaired) electrons. The largest absolute Gasteiger partial charge is 0.454 e. The van der Waals surface area contributed by atoms with Crippen molar-refractivity contribution in [2.45, 2.75) is 13.0 Å². The minimum atomic E-state index is 0. The molecule has 3 rings (SSSR count). The van der Waals surface area contributed by atoms with Crippen molar-refractivity contribution in [2.75, 3.05) is 40.0 Å². The van der Waals surface area contributed by atoms with E-state index in [9.17, 15) is 0 Å². The van der Waals surface area contributed by atoms with Gasteiger partial charge in [0.25, 0.3) is 0 Å². The van der Waals surface area contributed by atoms with Crippen LogP contribution >= 0.6 is 13.5 Å². The number of benzene rings is 1. The van der Waals surface area contributed by atoms with Crippen LogP contribution < -0.4 is 9.47 Å². The average Bonchev–Trinajstić information content (AvgIpc) is 2.86. The second kappa shape index (κ2) is 6.03. The molecule has 106 valence electrons. The zero-order valence-electron chi connectivity index (χ0n) is 11.6. The Balaban J connectivity index is 0.00000133. The fourth-order valence-electron chi connectivity index (χ4n) is 2.59. The Labute approximate surface area is 121 Å². The summed E-state index contributed by atoms with van der Waals surface area (Å²) in [5.41, 5.74) is 1.31. The molecule has 5 heteroatoms. The van der Waals surface area contributed by atoms with Gasteiger partial charge < -0.3 is 14.4 Å². The molecule has 0 unspecified atom stereocenters. The van der Waals surface area contributed by atoms with Gasteiger partial charge in [-0.15, -0.1) is 0 Å². The molecule has 4 nitrogen and oxygen atoms in total. The maximum atomic E-state index is 5.44. The van der Waals surface area contributed by atoms with E-state index in [2.05, 4.69) is 35.9 Å². The van der Waals surface area contributed by atoms with E-state index in [4.69, 9.17) is 9.47 Å². The van der Waals surface area contributed by atoms with Gasteiger partial charge in [0.05, 0.1) is 0 Å². The summed E-state index contributed by atoms with van der Waals surface area (Å²) in [5.74, 6) is 1.75. The number of likely N-dealkylation sites (N-methyl/N-ethyl adjacent to an activating group) is 1. The average molecular weight is 282 g/mol. The Morgan fingerprint density at radius 3 is 2.47 bits per heavy atom. The maximum Gasteiger partial charge on any atom is 0.231 e. The van der Waals surface area contributed by atoms with Crippen LogP contribution in [0.4, 0.5) is 0 Å². The van der Waals surface area contributed by atoms with E-state index in [-0.39, 0.29) is 13.5 Å². The Bertz CT molecular complexity index is 433. The molecule has 0 amide bonds. The quantitative estimate of drug-likeness (QED) is 0.826. The Kier molecular flexibility index (Phi) is 4.60. The van der Waals surface area contributed by atoms with E-state index in [1.807, 2.05) is 6.07 Å². The lowest BCUT2D eigenvalue weighted by molar-refractivity contribution is 0.119. The Morgan fingerprint density at radius 1 is 1.05 bits per heavy atom. The SMILES string of the molecule is C[C@@H](c1ccc2c(c1)OCO2)N1CCN(C)CC1.S. The van der Waals surface area contributed by atoms with Gasteiger partial charge in [0.2, 0.25) is 6.79 Å². The monoisotopic (exact) mass is 282 g/mol. The number of fused-ring (bicyclic) bond motifs is 1. The van der Waals surface area contributed by atoms with Gasteiger partial charge in [-0.25, -0.2) is 0 Å². The molecule has 0 bridgehead atoms. The highest BCUT2D eigenvalue weighted by Crippen LogP contribution is 2.35. The van der Waals surface area contributed by atoms with Gasteiger partial charge in [-0.3, -0.25) is 4.90 Å². The number of nitrogens with zero attached hydrogens (tertiary/aromatic N) is 2. The normalized spacial score (nSPS) is 20.9. The summed E-state index contributed by atoms with van der Waals surface area (Å²) in [5, 5.41) is 0. The predicted octanol–water partition coefficient (Wildman–Crippen LogP) is 1.84. The number of hydrogen-bond acceptors (Lipinski definition) is 4. The van der Waals surface area contributed by atoms with Crippen molar-refractivity contribution in [3.63, 3.8) is 0 Å². The molecule has 0 N–H and O–H groups in total. The summed E-state index contributed by atoms with van der Waals surface area (Å²) >= 11 is 0. The lowest BCUT2D eigenvalue weighted by Crippen LogP contribution is -2.45. The van der Waals surface area contributed by atoms with E-state index in [0.717, 1.165) is 37.7 Å². The second-order valence-electron chi connectivity index (χ2n) is 5.13. The third-order valence-corrected chi connectivity index (χ3v) is 3.96. The lowest BCUT2D eigenvalue weighted by Gasteiger charge is -2.36. The minimum absolute atomic E-state index is 0. The second-order valence-corrected chi connectivity index (χ2v) is 5.13. The molecule has 2 heterocycles. The maximum absolute atomic E-state index is 5.44. The first-order chi connectivity index (χ1) is 8.74. The molecule has 0 aromatic heterocycles. The highest BCUT2D eigenvalue weighted by molar-refractivity contribution is 7.59.